The van der Waals surface area contributed by atoms with Gasteiger partial charge in [0.15, 0.2) is 0 Å². The molecule has 0 amide bonds. The standard InChI is InChI=1S/C19H41N/c1-5-7-8-9-10-11-12-13-14-15-19(20-6-2)17-16-18(3)4/h18-20H,5-17H2,1-4H3. The van der Waals surface area contributed by atoms with Crippen LogP contribution in [0, 0.1) is 5.92 Å². The second-order valence-corrected chi connectivity index (χ2v) is 6.84. The Labute approximate surface area is 129 Å². The Morgan fingerprint density at radius 2 is 1.20 bits per heavy atom. The summed E-state index contributed by atoms with van der Waals surface area (Å²) in [6.45, 7) is 10.3. The molecule has 0 aromatic heterocycles. The summed E-state index contributed by atoms with van der Waals surface area (Å²) in [6, 6.07) is 0.770. The van der Waals surface area contributed by atoms with Gasteiger partial charge in [0.2, 0.25) is 0 Å². The Hall–Kier alpha value is -0.0400. The minimum Gasteiger partial charge on any atom is -0.314 e. The second kappa shape index (κ2) is 15.4. The van der Waals surface area contributed by atoms with Gasteiger partial charge in [0.05, 0.1) is 0 Å². The normalized spacial score (nSPS) is 13.1. The molecule has 0 spiro atoms. The van der Waals surface area contributed by atoms with Crippen molar-refractivity contribution < 1.29 is 0 Å². The highest BCUT2D eigenvalue weighted by atomic mass is 14.9. The summed E-state index contributed by atoms with van der Waals surface area (Å²) in [7, 11) is 0. The van der Waals surface area contributed by atoms with Gasteiger partial charge in [-0.15, -0.1) is 0 Å². The van der Waals surface area contributed by atoms with E-state index in [1.165, 1.54) is 77.0 Å². The monoisotopic (exact) mass is 283 g/mol. The lowest BCUT2D eigenvalue weighted by Crippen LogP contribution is -2.29. The Kier molecular flexibility index (Phi) is 15.3. The predicted octanol–water partition coefficient (Wildman–Crippen LogP) is 6.32. The van der Waals surface area contributed by atoms with Gasteiger partial charge in [-0.3, -0.25) is 0 Å². The summed E-state index contributed by atoms with van der Waals surface area (Å²) < 4.78 is 0. The number of nitrogens with one attached hydrogen (secondary N) is 1. The zero-order valence-electron chi connectivity index (χ0n) is 14.8. The average molecular weight is 284 g/mol. The van der Waals surface area contributed by atoms with Crippen LogP contribution in [-0.4, -0.2) is 12.6 Å². The van der Waals surface area contributed by atoms with Crippen molar-refractivity contribution in [2.45, 2.75) is 111 Å². The number of hydrogen-bond acceptors (Lipinski definition) is 1. The molecular formula is C19H41N. The van der Waals surface area contributed by atoms with E-state index in [1.807, 2.05) is 0 Å². The van der Waals surface area contributed by atoms with E-state index < -0.39 is 0 Å². The first-order chi connectivity index (χ1) is 9.70. The van der Waals surface area contributed by atoms with E-state index in [0.717, 1.165) is 18.5 Å². The van der Waals surface area contributed by atoms with Crippen molar-refractivity contribution in [3.8, 4) is 0 Å². The molecule has 0 saturated carbocycles. The van der Waals surface area contributed by atoms with Crippen LogP contribution >= 0.6 is 0 Å². The molecule has 1 unspecified atom stereocenters. The summed E-state index contributed by atoms with van der Waals surface area (Å²) in [5, 5.41) is 3.66. The largest absolute Gasteiger partial charge is 0.314 e. The molecule has 1 heteroatoms. The van der Waals surface area contributed by atoms with Gasteiger partial charge >= 0.3 is 0 Å². The van der Waals surface area contributed by atoms with Crippen molar-refractivity contribution in [3.63, 3.8) is 0 Å². The molecule has 1 N–H and O–H groups in total. The lowest BCUT2D eigenvalue weighted by Gasteiger charge is -2.18. The minimum atomic E-state index is 0.770. The van der Waals surface area contributed by atoms with Crippen molar-refractivity contribution in [1.29, 1.82) is 0 Å². The quantitative estimate of drug-likeness (QED) is 0.347. The van der Waals surface area contributed by atoms with Crippen LogP contribution in [0.15, 0.2) is 0 Å². The molecule has 0 rings (SSSR count). The van der Waals surface area contributed by atoms with Gasteiger partial charge in [0, 0.05) is 6.04 Å². The molecule has 0 aliphatic heterocycles. The Balaban J connectivity index is 3.39. The summed E-state index contributed by atoms with van der Waals surface area (Å²) in [6.07, 6.45) is 17.1. The van der Waals surface area contributed by atoms with E-state index in [2.05, 4.69) is 33.0 Å². The molecule has 122 valence electrons. The number of rotatable bonds is 15. The van der Waals surface area contributed by atoms with Crippen LogP contribution in [0.3, 0.4) is 0 Å². The molecule has 0 aromatic rings. The molecule has 0 heterocycles. The van der Waals surface area contributed by atoms with Crippen molar-refractivity contribution in [2.75, 3.05) is 6.54 Å². The van der Waals surface area contributed by atoms with Crippen molar-refractivity contribution in [1.82, 2.24) is 5.32 Å². The van der Waals surface area contributed by atoms with Crippen molar-refractivity contribution in [2.24, 2.45) is 5.92 Å². The van der Waals surface area contributed by atoms with E-state index >= 15 is 0 Å². The lowest BCUT2D eigenvalue weighted by atomic mass is 9.98. The lowest BCUT2D eigenvalue weighted by molar-refractivity contribution is 0.401. The van der Waals surface area contributed by atoms with E-state index in [-0.39, 0.29) is 0 Å². The first kappa shape index (κ1) is 20.0. The number of unbranched alkanes of at least 4 members (excludes halogenated alkanes) is 8. The van der Waals surface area contributed by atoms with Crippen LogP contribution in [0.1, 0.15) is 105 Å². The predicted molar refractivity (Wildman–Crippen MR) is 93.4 cm³/mol. The molecular weight excluding hydrogens is 242 g/mol. The first-order valence-electron chi connectivity index (χ1n) is 9.44. The van der Waals surface area contributed by atoms with Crippen LogP contribution in [0.25, 0.3) is 0 Å². The molecule has 1 atom stereocenters. The van der Waals surface area contributed by atoms with E-state index in [4.69, 9.17) is 0 Å². The van der Waals surface area contributed by atoms with Crippen molar-refractivity contribution in [3.05, 3.63) is 0 Å². The van der Waals surface area contributed by atoms with Gasteiger partial charge in [-0.05, 0) is 31.7 Å². The van der Waals surface area contributed by atoms with E-state index in [0.29, 0.717) is 0 Å². The highest BCUT2D eigenvalue weighted by Crippen LogP contribution is 2.14. The van der Waals surface area contributed by atoms with Crippen LogP contribution in [0.4, 0.5) is 0 Å². The highest BCUT2D eigenvalue weighted by Gasteiger charge is 2.07. The molecule has 0 aromatic carbocycles. The topological polar surface area (TPSA) is 12.0 Å². The molecule has 0 bridgehead atoms. The summed E-state index contributed by atoms with van der Waals surface area (Å²) in [5.41, 5.74) is 0. The zero-order chi connectivity index (χ0) is 15.1. The summed E-state index contributed by atoms with van der Waals surface area (Å²) >= 11 is 0. The second-order valence-electron chi connectivity index (χ2n) is 6.84. The third-order valence-electron chi connectivity index (χ3n) is 4.24. The van der Waals surface area contributed by atoms with Crippen LogP contribution in [-0.2, 0) is 0 Å². The molecule has 1 nitrogen and oxygen atoms in total. The average Bonchev–Trinajstić information content (AvgIpc) is 2.42. The Morgan fingerprint density at radius 3 is 1.70 bits per heavy atom. The minimum absolute atomic E-state index is 0.770. The fourth-order valence-electron chi connectivity index (χ4n) is 2.87. The third kappa shape index (κ3) is 14.4. The molecule has 0 aliphatic carbocycles. The van der Waals surface area contributed by atoms with E-state index in [9.17, 15) is 0 Å². The van der Waals surface area contributed by atoms with Gasteiger partial charge < -0.3 is 5.32 Å². The maximum absolute atomic E-state index is 3.66. The Morgan fingerprint density at radius 1 is 0.650 bits per heavy atom. The Bertz CT molecular complexity index is 177. The van der Waals surface area contributed by atoms with Crippen LogP contribution < -0.4 is 5.32 Å². The van der Waals surface area contributed by atoms with Gasteiger partial charge in [-0.2, -0.15) is 0 Å². The zero-order valence-corrected chi connectivity index (χ0v) is 14.8. The molecule has 0 aliphatic rings. The van der Waals surface area contributed by atoms with E-state index in [1.54, 1.807) is 0 Å². The van der Waals surface area contributed by atoms with Gasteiger partial charge in [-0.25, -0.2) is 0 Å². The summed E-state index contributed by atoms with van der Waals surface area (Å²) in [5.74, 6) is 0.847. The molecule has 0 fully saturated rings. The fourth-order valence-corrected chi connectivity index (χ4v) is 2.87. The van der Waals surface area contributed by atoms with Gasteiger partial charge in [0.25, 0.3) is 0 Å². The molecule has 0 radical (unpaired) electrons. The molecule has 0 saturated heterocycles. The van der Waals surface area contributed by atoms with Crippen LogP contribution in [0.2, 0.25) is 0 Å². The highest BCUT2D eigenvalue weighted by molar-refractivity contribution is 4.67. The first-order valence-corrected chi connectivity index (χ1v) is 9.44. The van der Waals surface area contributed by atoms with Gasteiger partial charge in [-0.1, -0.05) is 85.5 Å². The maximum Gasteiger partial charge on any atom is 0.00670 e. The smallest absolute Gasteiger partial charge is 0.00670 e. The van der Waals surface area contributed by atoms with Crippen molar-refractivity contribution >= 4 is 0 Å². The number of hydrogen-bond donors (Lipinski definition) is 1. The van der Waals surface area contributed by atoms with Crippen LogP contribution in [0.5, 0.6) is 0 Å². The summed E-state index contributed by atoms with van der Waals surface area (Å²) in [4.78, 5) is 0. The van der Waals surface area contributed by atoms with Gasteiger partial charge in [0.1, 0.15) is 0 Å². The third-order valence-corrected chi connectivity index (χ3v) is 4.24. The maximum atomic E-state index is 3.66. The fraction of sp³-hybridized carbons (Fsp3) is 1.00. The molecule has 20 heavy (non-hydrogen) atoms. The SMILES string of the molecule is CCCCCCCCCCCC(CCC(C)C)NCC.